The molecule has 0 saturated heterocycles. The van der Waals surface area contributed by atoms with E-state index in [1.165, 1.54) is 19.1 Å². The van der Waals surface area contributed by atoms with Crippen molar-refractivity contribution in [3.63, 3.8) is 0 Å². The standard InChI is InChI=1S/C21H21FN2O3/c1-14(21(26)24-12-15-6-9-17(22)10-7-15)27-20(25)11-8-16-13-23-19-5-3-2-4-18(16)19/h2-7,9-10,13-14,23H,8,11-12H2,1H3,(H,24,26). The number of halogens is 1. The number of H-pyrrole nitrogens is 1. The number of carbonyl (C=O) groups excluding carboxylic acids is 2. The lowest BCUT2D eigenvalue weighted by atomic mass is 10.1. The molecule has 0 saturated carbocycles. The SMILES string of the molecule is CC(OC(=O)CCc1c[nH]c2ccccc12)C(=O)NCc1ccc(F)cc1. The van der Waals surface area contributed by atoms with Gasteiger partial charge < -0.3 is 15.0 Å². The first-order valence-electron chi connectivity index (χ1n) is 8.79. The zero-order valence-electron chi connectivity index (χ0n) is 15.0. The minimum Gasteiger partial charge on any atom is -0.453 e. The van der Waals surface area contributed by atoms with Crippen molar-refractivity contribution in [2.45, 2.75) is 32.4 Å². The number of rotatable bonds is 7. The lowest BCUT2D eigenvalue weighted by Gasteiger charge is -2.13. The van der Waals surface area contributed by atoms with Gasteiger partial charge in [-0.1, -0.05) is 30.3 Å². The van der Waals surface area contributed by atoms with Gasteiger partial charge in [0.1, 0.15) is 5.82 Å². The highest BCUT2D eigenvalue weighted by atomic mass is 19.1. The molecule has 1 heterocycles. The number of fused-ring (bicyclic) bond motifs is 1. The number of aromatic amines is 1. The van der Waals surface area contributed by atoms with Gasteiger partial charge >= 0.3 is 5.97 Å². The third-order valence-corrected chi connectivity index (χ3v) is 4.33. The highest BCUT2D eigenvalue weighted by Gasteiger charge is 2.17. The highest BCUT2D eigenvalue weighted by molar-refractivity contribution is 5.85. The Bertz CT molecular complexity index is 934. The molecule has 0 spiro atoms. The fraction of sp³-hybridized carbons (Fsp3) is 0.238. The Morgan fingerprint density at radius 3 is 2.67 bits per heavy atom. The van der Waals surface area contributed by atoms with Crippen molar-refractivity contribution < 1.29 is 18.7 Å². The molecule has 27 heavy (non-hydrogen) atoms. The van der Waals surface area contributed by atoms with Gasteiger partial charge in [0.25, 0.3) is 5.91 Å². The maximum atomic E-state index is 12.9. The molecule has 2 N–H and O–H groups in total. The molecule has 0 bridgehead atoms. The Kier molecular flexibility index (Phi) is 5.86. The van der Waals surface area contributed by atoms with E-state index in [0.717, 1.165) is 22.0 Å². The van der Waals surface area contributed by atoms with Crippen molar-refractivity contribution in [2.24, 2.45) is 0 Å². The maximum absolute atomic E-state index is 12.9. The average molecular weight is 368 g/mol. The molecule has 0 aliphatic heterocycles. The molecule has 2 aromatic carbocycles. The number of aromatic nitrogens is 1. The normalized spacial score (nSPS) is 11.9. The molecule has 0 aliphatic rings. The van der Waals surface area contributed by atoms with Crippen LogP contribution in [0.3, 0.4) is 0 Å². The summed E-state index contributed by atoms with van der Waals surface area (Å²) in [6.45, 7) is 1.78. The van der Waals surface area contributed by atoms with E-state index in [1.807, 2.05) is 30.5 Å². The van der Waals surface area contributed by atoms with Gasteiger partial charge in [0.05, 0.1) is 0 Å². The van der Waals surface area contributed by atoms with Crippen LogP contribution < -0.4 is 5.32 Å². The van der Waals surface area contributed by atoms with E-state index in [2.05, 4.69) is 10.3 Å². The van der Waals surface area contributed by atoms with E-state index >= 15 is 0 Å². The highest BCUT2D eigenvalue weighted by Crippen LogP contribution is 2.19. The fourth-order valence-electron chi connectivity index (χ4n) is 2.82. The van der Waals surface area contributed by atoms with Crippen LogP contribution in [0.2, 0.25) is 0 Å². The number of benzene rings is 2. The summed E-state index contributed by atoms with van der Waals surface area (Å²) in [5.41, 5.74) is 2.83. The van der Waals surface area contributed by atoms with Gasteiger partial charge in [-0.2, -0.15) is 0 Å². The van der Waals surface area contributed by atoms with Gasteiger partial charge in [0.15, 0.2) is 6.10 Å². The van der Waals surface area contributed by atoms with Gasteiger partial charge in [-0.25, -0.2) is 4.39 Å². The summed E-state index contributed by atoms with van der Waals surface area (Å²) in [6.07, 6.45) is 1.72. The fourth-order valence-corrected chi connectivity index (χ4v) is 2.82. The molecule has 140 valence electrons. The first-order valence-corrected chi connectivity index (χ1v) is 8.79. The third kappa shape index (κ3) is 4.94. The second-order valence-corrected chi connectivity index (χ2v) is 6.34. The Morgan fingerprint density at radius 1 is 1.15 bits per heavy atom. The zero-order valence-corrected chi connectivity index (χ0v) is 15.0. The third-order valence-electron chi connectivity index (χ3n) is 4.33. The topological polar surface area (TPSA) is 71.2 Å². The second kappa shape index (κ2) is 8.49. The van der Waals surface area contributed by atoms with Gasteiger partial charge in [-0.15, -0.1) is 0 Å². The van der Waals surface area contributed by atoms with Crippen LogP contribution in [0.1, 0.15) is 24.5 Å². The molecule has 1 aromatic heterocycles. The smallest absolute Gasteiger partial charge is 0.306 e. The molecular formula is C21H21FN2O3. The summed E-state index contributed by atoms with van der Waals surface area (Å²) in [7, 11) is 0. The number of carbonyl (C=O) groups is 2. The van der Waals surface area contributed by atoms with Crippen LogP contribution in [0.5, 0.6) is 0 Å². The van der Waals surface area contributed by atoms with E-state index in [-0.39, 0.29) is 24.7 Å². The molecular weight excluding hydrogens is 347 g/mol. The Labute approximate surface area is 156 Å². The monoisotopic (exact) mass is 368 g/mol. The van der Waals surface area contributed by atoms with E-state index in [0.29, 0.717) is 6.42 Å². The maximum Gasteiger partial charge on any atom is 0.306 e. The molecule has 3 rings (SSSR count). The van der Waals surface area contributed by atoms with Crippen molar-refractivity contribution in [2.75, 3.05) is 0 Å². The largest absolute Gasteiger partial charge is 0.453 e. The number of aryl methyl sites for hydroxylation is 1. The Morgan fingerprint density at radius 2 is 1.89 bits per heavy atom. The quantitative estimate of drug-likeness (QED) is 0.627. The van der Waals surface area contributed by atoms with Crippen molar-refractivity contribution in [3.05, 3.63) is 71.7 Å². The van der Waals surface area contributed by atoms with Crippen LogP contribution in [-0.4, -0.2) is 23.0 Å². The van der Waals surface area contributed by atoms with Crippen LogP contribution in [0.4, 0.5) is 4.39 Å². The van der Waals surface area contributed by atoms with Crippen LogP contribution >= 0.6 is 0 Å². The molecule has 1 amide bonds. The summed E-state index contributed by atoms with van der Waals surface area (Å²) >= 11 is 0. The van der Waals surface area contributed by atoms with Gasteiger partial charge in [-0.3, -0.25) is 9.59 Å². The molecule has 0 radical (unpaired) electrons. The minimum atomic E-state index is -0.888. The molecule has 1 unspecified atom stereocenters. The summed E-state index contributed by atoms with van der Waals surface area (Å²) in [4.78, 5) is 27.3. The van der Waals surface area contributed by atoms with E-state index in [9.17, 15) is 14.0 Å². The molecule has 0 fully saturated rings. The zero-order chi connectivity index (χ0) is 19.2. The molecule has 1 atom stereocenters. The predicted octanol–water partition coefficient (Wildman–Crippen LogP) is 3.49. The molecule has 3 aromatic rings. The van der Waals surface area contributed by atoms with Gasteiger partial charge in [0, 0.05) is 30.1 Å². The lowest BCUT2D eigenvalue weighted by molar-refractivity contribution is -0.154. The molecule has 0 aliphatic carbocycles. The first kappa shape index (κ1) is 18.6. The minimum absolute atomic E-state index is 0.192. The van der Waals surface area contributed by atoms with Crippen LogP contribution in [0.25, 0.3) is 10.9 Å². The van der Waals surface area contributed by atoms with Crippen molar-refractivity contribution in [3.8, 4) is 0 Å². The Balaban J connectivity index is 1.45. The number of hydrogen-bond donors (Lipinski definition) is 2. The van der Waals surface area contributed by atoms with Crippen LogP contribution in [0.15, 0.2) is 54.7 Å². The summed E-state index contributed by atoms with van der Waals surface area (Å²) in [6, 6.07) is 13.7. The lowest BCUT2D eigenvalue weighted by Crippen LogP contribution is -2.35. The van der Waals surface area contributed by atoms with Crippen LogP contribution in [0, 0.1) is 5.82 Å². The van der Waals surface area contributed by atoms with E-state index < -0.39 is 12.1 Å². The average Bonchev–Trinajstić information content (AvgIpc) is 3.09. The van der Waals surface area contributed by atoms with Gasteiger partial charge in [-0.05, 0) is 42.7 Å². The predicted molar refractivity (Wildman–Crippen MR) is 100 cm³/mol. The van der Waals surface area contributed by atoms with Crippen molar-refractivity contribution >= 4 is 22.8 Å². The van der Waals surface area contributed by atoms with Crippen molar-refractivity contribution in [1.82, 2.24) is 10.3 Å². The van der Waals surface area contributed by atoms with Crippen molar-refractivity contribution in [1.29, 1.82) is 0 Å². The summed E-state index contributed by atoms with van der Waals surface area (Å²) < 4.78 is 18.1. The number of ether oxygens (including phenoxy) is 1. The number of nitrogens with one attached hydrogen (secondary N) is 2. The molecule has 5 nitrogen and oxygen atoms in total. The van der Waals surface area contributed by atoms with E-state index in [1.54, 1.807) is 12.1 Å². The second-order valence-electron chi connectivity index (χ2n) is 6.34. The number of para-hydroxylation sites is 1. The number of amides is 1. The number of esters is 1. The Hall–Kier alpha value is -3.15. The van der Waals surface area contributed by atoms with Gasteiger partial charge in [0.2, 0.25) is 0 Å². The molecule has 6 heteroatoms. The van der Waals surface area contributed by atoms with E-state index in [4.69, 9.17) is 4.74 Å². The van der Waals surface area contributed by atoms with Crippen LogP contribution in [-0.2, 0) is 27.3 Å². The summed E-state index contributed by atoms with van der Waals surface area (Å²) in [5.74, 6) is -1.15. The number of hydrogen-bond acceptors (Lipinski definition) is 3. The summed E-state index contributed by atoms with van der Waals surface area (Å²) in [5, 5.41) is 3.75. The first-order chi connectivity index (χ1) is 13.0.